The van der Waals surface area contributed by atoms with Crippen LogP contribution in [-0.4, -0.2) is 31.5 Å². The molecular formula is C15H19NO2. The van der Waals surface area contributed by atoms with E-state index in [1.54, 1.807) is 7.11 Å². The first-order valence-electron chi connectivity index (χ1n) is 6.63. The minimum absolute atomic E-state index is 0.205. The van der Waals surface area contributed by atoms with Crippen molar-refractivity contribution in [3.63, 3.8) is 0 Å². The van der Waals surface area contributed by atoms with E-state index < -0.39 is 0 Å². The third-order valence-corrected chi connectivity index (χ3v) is 4.28. The third kappa shape index (κ3) is 1.69. The number of likely N-dealkylation sites (N-methyl/N-ethyl adjacent to an activating group) is 1. The molecule has 1 aliphatic carbocycles. The molecule has 96 valence electrons. The van der Waals surface area contributed by atoms with Crippen molar-refractivity contribution in [1.82, 2.24) is 4.90 Å². The molecule has 0 saturated carbocycles. The fourth-order valence-corrected chi connectivity index (χ4v) is 3.38. The maximum atomic E-state index is 12.1. The van der Waals surface area contributed by atoms with Crippen molar-refractivity contribution in [2.75, 3.05) is 20.7 Å². The lowest BCUT2D eigenvalue weighted by atomic mass is 9.80. The second-order valence-corrected chi connectivity index (χ2v) is 5.36. The SMILES string of the molecule is COc1ccc2c3c1CC(=O)N(C)CC3CCC2. The molecule has 1 heterocycles. The minimum atomic E-state index is 0.205. The number of amides is 1. The van der Waals surface area contributed by atoms with Crippen molar-refractivity contribution in [2.45, 2.75) is 31.6 Å². The number of ether oxygens (including phenoxy) is 1. The number of hydrogen-bond acceptors (Lipinski definition) is 2. The summed E-state index contributed by atoms with van der Waals surface area (Å²) in [5, 5.41) is 0. The quantitative estimate of drug-likeness (QED) is 0.758. The molecule has 0 radical (unpaired) electrons. The van der Waals surface area contributed by atoms with Crippen LogP contribution < -0.4 is 4.74 Å². The van der Waals surface area contributed by atoms with Crippen LogP contribution in [0.2, 0.25) is 0 Å². The predicted molar refractivity (Wildman–Crippen MR) is 70.0 cm³/mol. The largest absolute Gasteiger partial charge is 0.496 e. The highest BCUT2D eigenvalue weighted by Crippen LogP contribution is 2.40. The normalized spacial score (nSPS) is 22.4. The molecule has 0 N–H and O–H groups in total. The number of carbonyl (C=O) groups is 1. The van der Waals surface area contributed by atoms with Crippen molar-refractivity contribution >= 4 is 5.91 Å². The van der Waals surface area contributed by atoms with Gasteiger partial charge in [-0.1, -0.05) is 6.07 Å². The maximum Gasteiger partial charge on any atom is 0.226 e. The van der Waals surface area contributed by atoms with E-state index in [4.69, 9.17) is 4.74 Å². The van der Waals surface area contributed by atoms with Crippen LogP contribution in [0.5, 0.6) is 5.75 Å². The van der Waals surface area contributed by atoms with Crippen LogP contribution in [0.15, 0.2) is 12.1 Å². The summed E-state index contributed by atoms with van der Waals surface area (Å²) in [4.78, 5) is 14.0. The van der Waals surface area contributed by atoms with Crippen LogP contribution >= 0.6 is 0 Å². The molecule has 3 rings (SSSR count). The van der Waals surface area contributed by atoms with Gasteiger partial charge in [-0.25, -0.2) is 0 Å². The highest BCUT2D eigenvalue weighted by molar-refractivity contribution is 5.81. The van der Waals surface area contributed by atoms with E-state index in [1.165, 1.54) is 24.0 Å². The minimum Gasteiger partial charge on any atom is -0.496 e. The summed E-state index contributed by atoms with van der Waals surface area (Å²) in [5.74, 6) is 1.58. The molecule has 0 spiro atoms. The number of rotatable bonds is 1. The van der Waals surface area contributed by atoms with Gasteiger partial charge in [0.15, 0.2) is 0 Å². The summed E-state index contributed by atoms with van der Waals surface area (Å²) < 4.78 is 5.45. The number of methoxy groups -OCH3 is 1. The first-order chi connectivity index (χ1) is 8.70. The van der Waals surface area contributed by atoms with Crippen LogP contribution in [0.25, 0.3) is 0 Å². The molecule has 1 amide bonds. The topological polar surface area (TPSA) is 29.5 Å². The molecule has 0 saturated heterocycles. The summed E-state index contributed by atoms with van der Waals surface area (Å²) >= 11 is 0. The standard InChI is InChI=1S/C15H19NO2/c1-16-9-11-5-3-4-10-6-7-13(18-2)12(15(10)11)8-14(16)17/h6-7,11H,3-5,8-9H2,1-2H3. The van der Waals surface area contributed by atoms with E-state index in [-0.39, 0.29) is 5.91 Å². The van der Waals surface area contributed by atoms with Crippen molar-refractivity contribution in [1.29, 1.82) is 0 Å². The van der Waals surface area contributed by atoms with Crippen LogP contribution in [0, 0.1) is 0 Å². The van der Waals surface area contributed by atoms with Crippen LogP contribution in [0.3, 0.4) is 0 Å². The lowest BCUT2D eigenvalue weighted by molar-refractivity contribution is -0.129. The number of nitrogens with zero attached hydrogens (tertiary/aromatic N) is 1. The average Bonchev–Trinajstić information content (AvgIpc) is 2.50. The fraction of sp³-hybridized carbons (Fsp3) is 0.533. The molecule has 1 unspecified atom stereocenters. The Morgan fingerprint density at radius 2 is 2.22 bits per heavy atom. The van der Waals surface area contributed by atoms with Gasteiger partial charge >= 0.3 is 0 Å². The molecular weight excluding hydrogens is 226 g/mol. The van der Waals surface area contributed by atoms with E-state index in [0.717, 1.165) is 24.3 Å². The molecule has 0 aromatic heterocycles. The third-order valence-electron chi connectivity index (χ3n) is 4.28. The number of benzene rings is 1. The molecule has 1 aromatic rings. The summed E-state index contributed by atoms with van der Waals surface area (Å²) in [6.07, 6.45) is 4.04. The van der Waals surface area contributed by atoms with Crippen LogP contribution in [-0.2, 0) is 17.6 Å². The Balaban J connectivity index is 2.18. The van der Waals surface area contributed by atoms with Gasteiger partial charge < -0.3 is 9.64 Å². The smallest absolute Gasteiger partial charge is 0.226 e. The highest BCUT2D eigenvalue weighted by atomic mass is 16.5. The molecule has 1 atom stereocenters. The average molecular weight is 245 g/mol. The maximum absolute atomic E-state index is 12.1. The van der Waals surface area contributed by atoms with E-state index in [2.05, 4.69) is 6.07 Å². The molecule has 18 heavy (non-hydrogen) atoms. The van der Waals surface area contributed by atoms with Crippen molar-refractivity contribution in [3.8, 4) is 5.75 Å². The first-order valence-corrected chi connectivity index (χ1v) is 6.63. The second kappa shape index (κ2) is 4.30. The van der Waals surface area contributed by atoms with E-state index in [9.17, 15) is 4.79 Å². The van der Waals surface area contributed by atoms with Crippen molar-refractivity contribution in [3.05, 3.63) is 28.8 Å². The summed E-state index contributed by atoms with van der Waals surface area (Å²) in [6, 6.07) is 4.20. The van der Waals surface area contributed by atoms with Gasteiger partial charge in [0.25, 0.3) is 0 Å². The van der Waals surface area contributed by atoms with E-state index in [0.29, 0.717) is 12.3 Å². The molecule has 3 nitrogen and oxygen atoms in total. The van der Waals surface area contributed by atoms with Gasteiger partial charge in [0, 0.05) is 25.1 Å². The number of carbonyl (C=O) groups excluding carboxylic acids is 1. The Hall–Kier alpha value is -1.51. The van der Waals surface area contributed by atoms with Gasteiger partial charge in [-0.3, -0.25) is 4.79 Å². The molecule has 0 bridgehead atoms. The van der Waals surface area contributed by atoms with E-state index >= 15 is 0 Å². The zero-order valence-corrected chi connectivity index (χ0v) is 11.0. The Labute approximate surface area is 108 Å². The summed E-state index contributed by atoms with van der Waals surface area (Å²) in [7, 11) is 3.60. The van der Waals surface area contributed by atoms with E-state index in [1.807, 2.05) is 18.0 Å². The Bertz CT molecular complexity index is 496. The zero-order valence-electron chi connectivity index (χ0n) is 11.0. The van der Waals surface area contributed by atoms with Gasteiger partial charge in [-0.2, -0.15) is 0 Å². The lowest BCUT2D eigenvalue weighted by Crippen LogP contribution is -2.30. The second-order valence-electron chi connectivity index (χ2n) is 5.36. The molecule has 3 heteroatoms. The molecule has 1 aliphatic heterocycles. The fourth-order valence-electron chi connectivity index (χ4n) is 3.38. The summed E-state index contributed by atoms with van der Waals surface area (Å²) in [6.45, 7) is 0.853. The van der Waals surface area contributed by atoms with Gasteiger partial charge in [0.2, 0.25) is 5.91 Å². The van der Waals surface area contributed by atoms with Crippen LogP contribution in [0.1, 0.15) is 35.4 Å². The Kier molecular flexibility index (Phi) is 2.77. The Morgan fingerprint density at radius 1 is 1.39 bits per heavy atom. The van der Waals surface area contributed by atoms with Gasteiger partial charge in [-0.15, -0.1) is 0 Å². The Morgan fingerprint density at radius 3 is 3.00 bits per heavy atom. The number of aryl methyl sites for hydroxylation is 1. The van der Waals surface area contributed by atoms with Crippen molar-refractivity contribution in [2.24, 2.45) is 0 Å². The van der Waals surface area contributed by atoms with Crippen molar-refractivity contribution < 1.29 is 9.53 Å². The molecule has 1 aromatic carbocycles. The van der Waals surface area contributed by atoms with Crippen LogP contribution in [0.4, 0.5) is 0 Å². The zero-order chi connectivity index (χ0) is 12.7. The lowest BCUT2D eigenvalue weighted by Gasteiger charge is -2.28. The monoisotopic (exact) mass is 245 g/mol. The van der Waals surface area contributed by atoms with Gasteiger partial charge in [-0.05, 0) is 36.5 Å². The molecule has 2 aliphatic rings. The first kappa shape index (κ1) is 11.6. The highest BCUT2D eigenvalue weighted by Gasteiger charge is 2.31. The number of hydrogen-bond donors (Lipinski definition) is 0. The predicted octanol–water partition coefficient (Wildman–Crippen LogP) is 2.13. The van der Waals surface area contributed by atoms with Gasteiger partial charge in [0.1, 0.15) is 5.75 Å². The molecule has 0 fully saturated rings. The van der Waals surface area contributed by atoms with Gasteiger partial charge in [0.05, 0.1) is 13.5 Å². The summed E-state index contributed by atoms with van der Waals surface area (Å²) in [5.41, 5.74) is 3.96.